The number of phenolic OH excluding ortho intramolecular Hbond substituents is 1. The number of aromatic nitrogens is 1. The molecular weight excluding hydrogens is 431 g/mol. The Kier molecular flexibility index (Phi) is 7.00. The fourth-order valence-corrected chi connectivity index (χ4v) is 4.32. The number of aromatic hydroxyl groups is 1. The number of benzene rings is 2. The maximum atomic E-state index is 10.4. The number of halogens is 2. The molecule has 1 aromatic heterocycles. The standard InChI is InChI=1S/C21H20Cl2N2O3S/c1-12(2)7-19-20(13-3-5-16(22)17(23)9-13)25-21(29-19)24-15-4-6-18(27)14(8-15)10-28-11-26/h3-6,8-9,11-12,27H,7,10H2,1-2H3,(H,24,25). The van der Waals surface area contributed by atoms with E-state index in [1.165, 1.54) is 0 Å². The van der Waals surface area contributed by atoms with Crippen LogP contribution in [0.4, 0.5) is 10.8 Å². The predicted molar refractivity (Wildman–Crippen MR) is 118 cm³/mol. The first-order valence-corrected chi connectivity index (χ1v) is 10.5. The van der Waals surface area contributed by atoms with Crippen molar-refractivity contribution in [2.75, 3.05) is 5.32 Å². The summed E-state index contributed by atoms with van der Waals surface area (Å²) in [6.07, 6.45) is 0.878. The molecule has 3 aromatic rings. The van der Waals surface area contributed by atoms with Crippen molar-refractivity contribution < 1.29 is 14.6 Å². The zero-order chi connectivity index (χ0) is 21.0. The fourth-order valence-electron chi connectivity index (χ4n) is 2.81. The largest absolute Gasteiger partial charge is 0.508 e. The maximum absolute atomic E-state index is 10.4. The number of ether oxygens (including phenoxy) is 1. The van der Waals surface area contributed by atoms with Crippen molar-refractivity contribution in [3.05, 3.63) is 56.9 Å². The topological polar surface area (TPSA) is 71.4 Å². The van der Waals surface area contributed by atoms with Crippen molar-refractivity contribution in [2.24, 2.45) is 5.92 Å². The molecule has 152 valence electrons. The molecule has 0 aliphatic rings. The van der Waals surface area contributed by atoms with Crippen LogP contribution in [-0.2, 0) is 22.6 Å². The molecule has 0 atom stereocenters. The minimum atomic E-state index is -0.00412. The first kappa shape index (κ1) is 21.4. The van der Waals surface area contributed by atoms with E-state index in [4.69, 9.17) is 32.9 Å². The second-order valence-corrected chi connectivity index (χ2v) is 8.79. The number of carbonyl (C=O) groups is 1. The van der Waals surface area contributed by atoms with Gasteiger partial charge in [0.05, 0.1) is 15.7 Å². The lowest BCUT2D eigenvalue weighted by Crippen LogP contribution is -1.95. The monoisotopic (exact) mass is 450 g/mol. The molecule has 1 heterocycles. The number of phenols is 1. The average Bonchev–Trinajstić information content (AvgIpc) is 3.05. The Bertz CT molecular complexity index is 1020. The molecule has 2 N–H and O–H groups in total. The van der Waals surface area contributed by atoms with Crippen LogP contribution in [0.15, 0.2) is 36.4 Å². The van der Waals surface area contributed by atoms with Gasteiger partial charge in [-0.15, -0.1) is 11.3 Å². The number of nitrogens with one attached hydrogen (secondary N) is 1. The summed E-state index contributed by atoms with van der Waals surface area (Å²) in [4.78, 5) is 16.3. The molecule has 0 amide bonds. The number of carbonyl (C=O) groups excluding carboxylic acids is 1. The highest BCUT2D eigenvalue weighted by Crippen LogP contribution is 2.37. The summed E-state index contributed by atoms with van der Waals surface area (Å²) in [5, 5.41) is 14.9. The first-order chi connectivity index (χ1) is 13.9. The number of hydrogen-bond donors (Lipinski definition) is 2. The molecule has 8 heteroatoms. The van der Waals surface area contributed by atoms with E-state index in [2.05, 4.69) is 19.2 Å². The maximum Gasteiger partial charge on any atom is 0.293 e. The lowest BCUT2D eigenvalue weighted by molar-refractivity contribution is -0.129. The number of hydrogen-bond acceptors (Lipinski definition) is 6. The van der Waals surface area contributed by atoms with Gasteiger partial charge in [-0.25, -0.2) is 4.98 Å². The van der Waals surface area contributed by atoms with Crippen molar-refractivity contribution in [1.82, 2.24) is 4.98 Å². The van der Waals surface area contributed by atoms with E-state index in [9.17, 15) is 9.90 Å². The van der Waals surface area contributed by atoms with Crippen LogP contribution in [0.2, 0.25) is 10.0 Å². The van der Waals surface area contributed by atoms with Crippen LogP contribution in [0.5, 0.6) is 5.75 Å². The predicted octanol–water partition coefficient (Wildman–Crippen LogP) is 6.44. The SMILES string of the molecule is CC(C)Cc1sc(Nc2ccc(O)c(COC=O)c2)nc1-c1ccc(Cl)c(Cl)c1. The molecule has 3 rings (SSSR count). The molecule has 0 aliphatic heterocycles. The summed E-state index contributed by atoms with van der Waals surface area (Å²) in [5.74, 6) is 0.527. The smallest absolute Gasteiger partial charge is 0.293 e. The Balaban J connectivity index is 1.93. The average molecular weight is 451 g/mol. The van der Waals surface area contributed by atoms with E-state index in [0.717, 1.165) is 33.4 Å². The van der Waals surface area contributed by atoms with Crippen molar-refractivity contribution in [3.8, 4) is 17.0 Å². The molecule has 0 aliphatic carbocycles. The number of anilines is 2. The minimum absolute atomic E-state index is 0.00412. The fraction of sp³-hybridized carbons (Fsp3) is 0.238. The summed E-state index contributed by atoms with van der Waals surface area (Å²) in [5.41, 5.74) is 3.02. The highest BCUT2D eigenvalue weighted by atomic mass is 35.5. The lowest BCUT2D eigenvalue weighted by atomic mass is 10.0. The summed E-state index contributed by atoms with van der Waals surface area (Å²) in [6.45, 7) is 4.66. The van der Waals surface area contributed by atoms with Crippen molar-refractivity contribution >= 4 is 51.8 Å². The van der Waals surface area contributed by atoms with Gasteiger partial charge in [0.1, 0.15) is 12.4 Å². The van der Waals surface area contributed by atoms with Crippen LogP contribution < -0.4 is 5.32 Å². The second-order valence-electron chi connectivity index (χ2n) is 6.89. The van der Waals surface area contributed by atoms with Gasteiger partial charge in [0, 0.05) is 21.7 Å². The highest BCUT2D eigenvalue weighted by Gasteiger charge is 2.16. The van der Waals surface area contributed by atoms with Crippen LogP contribution in [0.1, 0.15) is 24.3 Å². The van der Waals surface area contributed by atoms with E-state index in [-0.39, 0.29) is 12.4 Å². The van der Waals surface area contributed by atoms with Gasteiger partial charge in [0.25, 0.3) is 6.47 Å². The minimum Gasteiger partial charge on any atom is -0.508 e. The van der Waals surface area contributed by atoms with Crippen molar-refractivity contribution in [3.63, 3.8) is 0 Å². The second kappa shape index (κ2) is 9.48. The molecule has 0 spiro atoms. The quantitative estimate of drug-likeness (QED) is 0.305. The molecular formula is C21H20Cl2N2O3S. The Morgan fingerprint density at radius 3 is 2.69 bits per heavy atom. The molecule has 0 unspecified atom stereocenters. The van der Waals surface area contributed by atoms with E-state index >= 15 is 0 Å². The van der Waals surface area contributed by atoms with E-state index < -0.39 is 0 Å². The van der Waals surface area contributed by atoms with Gasteiger partial charge < -0.3 is 15.2 Å². The van der Waals surface area contributed by atoms with Gasteiger partial charge in [0.2, 0.25) is 0 Å². The molecule has 0 bridgehead atoms. The third-order valence-corrected chi connectivity index (χ3v) is 5.85. The molecule has 0 saturated heterocycles. The number of nitrogens with zero attached hydrogens (tertiary/aromatic N) is 1. The Morgan fingerprint density at radius 2 is 2.00 bits per heavy atom. The van der Waals surface area contributed by atoms with Gasteiger partial charge in [-0.2, -0.15) is 0 Å². The van der Waals surface area contributed by atoms with Crippen molar-refractivity contribution in [2.45, 2.75) is 26.9 Å². The van der Waals surface area contributed by atoms with Crippen LogP contribution in [0.3, 0.4) is 0 Å². The molecule has 0 radical (unpaired) electrons. The Morgan fingerprint density at radius 1 is 1.21 bits per heavy atom. The molecule has 0 fully saturated rings. The van der Waals surface area contributed by atoms with Gasteiger partial charge in [-0.05, 0) is 42.7 Å². The Hall–Kier alpha value is -2.28. The zero-order valence-corrected chi connectivity index (χ0v) is 18.2. The van der Waals surface area contributed by atoms with Crippen LogP contribution in [0.25, 0.3) is 11.3 Å². The van der Waals surface area contributed by atoms with Crippen molar-refractivity contribution in [1.29, 1.82) is 0 Å². The van der Waals surface area contributed by atoms with E-state index in [0.29, 0.717) is 28.0 Å². The van der Waals surface area contributed by atoms with E-state index in [1.54, 1.807) is 35.6 Å². The molecule has 29 heavy (non-hydrogen) atoms. The molecule has 2 aromatic carbocycles. The summed E-state index contributed by atoms with van der Waals surface area (Å²) in [6, 6.07) is 10.5. The first-order valence-electron chi connectivity index (χ1n) is 8.96. The highest BCUT2D eigenvalue weighted by molar-refractivity contribution is 7.16. The summed E-state index contributed by atoms with van der Waals surface area (Å²) >= 11 is 13.8. The van der Waals surface area contributed by atoms with Crippen LogP contribution in [-0.4, -0.2) is 16.6 Å². The molecule has 0 saturated carbocycles. The van der Waals surface area contributed by atoms with Gasteiger partial charge in [-0.3, -0.25) is 4.79 Å². The third-order valence-electron chi connectivity index (χ3n) is 4.12. The van der Waals surface area contributed by atoms with Gasteiger partial charge in [0.15, 0.2) is 5.13 Å². The normalized spacial score (nSPS) is 10.9. The Labute approximate surface area is 183 Å². The zero-order valence-electron chi connectivity index (χ0n) is 15.9. The van der Waals surface area contributed by atoms with Gasteiger partial charge >= 0.3 is 0 Å². The summed E-state index contributed by atoms with van der Waals surface area (Å²) < 4.78 is 4.75. The molecule has 5 nitrogen and oxygen atoms in total. The number of rotatable bonds is 8. The number of thiazole rings is 1. The van der Waals surface area contributed by atoms with Crippen LogP contribution in [0, 0.1) is 5.92 Å². The summed E-state index contributed by atoms with van der Waals surface area (Å²) in [7, 11) is 0. The lowest BCUT2D eigenvalue weighted by Gasteiger charge is -2.07. The van der Waals surface area contributed by atoms with E-state index in [1.807, 2.05) is 12.1 Å². The third kappa shape index (κ3) is 5.41. The van der Waals surface area contributed by atoms with Gasteiger partial charge in [-0.1, -0.05) is 43.1 Å². The van der Waals surface area contributed by atoms with Crippen LogP contribution >= 0.6 is 34.5 Å².